The number of hydrogen-bond donors (Lipinski definition) is 0. The first kappa shape index (κ1) is 18.2. The fraction of sp³-hybridized carbons (Fsp3) is 0. The quantitative estimate of drug-likeness (QED) is 0.281. The number of fused-ring (bicyclic) bond motifs is 1. The summed E-state index contributed by atoms with van der Waals surface area (Å²) in [5.74, 6) is 0. The van der Waals surface area contributed by atoms with Crippen LogP contribution in [0.1, 0.15) is 0 Å². The molecule has 0 aliphatic carbocycles. The Bertz CT molecular complexity index is 1370. The maximum absolute atomic E-state index is 5.18. The summed E-state index contributed by atoms with van der Waals surface area (Å²) in [6, 6.07) is 33.7. The first-order chi connectivity index (χ1) is 15.4. The van der Waals surface area contributed by atoms with Crippen LogP contribution in [0.4, 0.5) is 0 Å². The smallest absolute Gasteiger partial charge is 0.144 e. The van der Waals surface area contributed by atoms with E-state index in [0.29, 0.717) is 0 Å². The highest BCUT2D eigenvalue weighted by Gasteiger charge is 2.17. The van der Waals surface area contributed by atoms with Crippen molar-refractivity contribution in [2.75, 3.05) is 0 Å². The lowest BCUT2D eigenvalue weighted by atomic mass is 10.1. The molecule has 0 fully saturated rings. The van der Waals surface area contributed by atoms with Gasteiger partial charge in [0.25, 0.3) is 0 Å². The number of nitrogens with zero attached hydrogens (tertiary/aromatic N) is 2. The van der Waals surface area contributed by atoms with E-state index in [-0.39, 0.29) is 0 Å². The fourth-order valence-electron chi connectivity index (χ4n) is 3.74. The molecule has 0 unspecified atom stereocenters. The number of benzene rings is 3. The SMILES string of the molecule is c1ccc(-c2ccc(-c3ccc(-c4ccc(-c5ccccc5)s4)c4nonc34)s2)cc1. The van der Waals surface area contributed by atoms with Gasteiger partial charge in [0, 0.05) is 30.6 Å². The monoisotopic (exact) mass is 436 g/mol. The highest BCUT2D eigenvalue weighted by molar-refractivity contribution is 7.19. The standard InChI is InChI=1S/C26H16N2OS2/c1-3-7-17(8-4-1)21-13-15-23(30-21)19-11-12-20(26-25(19)27-29-28-26)24-16-14-22(31-24)18-9-5-2-6-10-18/h1-16H. The molecule has 3 aromatic carbocycles. The second kappa shape index (κ2) is 7.61. The Morgan fingerprint density at radius 1 is 0.452 bits per heavy atom. The van der Waals surface area contributed by atoms with Crippen LogP contribution in [0.2, 0.25) is 0 Å². The van der Waals surface area contributed by atoms with Gasteiger partial charge < -0.3 is 0 Å². The third kappa shape index (κ3) is 3.28. The molecule has 3 nitrogen and oxygen atoms in total. The zero-order valence-electron chi connectivity index (χ0n) is 16.4. The molecule has 6 rings (SSSR count). The lowest BCUT2D eigenvalue weighted by molar-refractivity contribution is 0.315. The van der Waals surface area contributed by atoms with E-state index in [9.17, 15) is 0 Å². The molecule has 3 heterocycles. The number of thiophene rings is 2. The topological polar surface area (TPSA) is 38.9 Å². The Labute approximate surface area is 187 Å². The van der Waals surface area contributed by atoms with E-state index in [1.54, 1.807) is 22.7 Å². The van der Waals surface area contributed by atoms with Crippen molar-refractivity contribution in [3.05, 3.63) is 97.1 Å². The lowest BCUT2D eigenvalue weighted by Crippen LogP contribution is -1.81. The zero-order valence-corrected chi connectivity index (χ0v) is 18.0. The Morgan fingerprint density at radius 3 is 1.32 bits per heavy atom. The molecule has 0 aliphatic rings. The van der Waals surface area contributed by atoms with Crippen LogP contribution < -0.4 is 0 Å². The average molecular weight is 437 g/mol. The highest BCUT2D eigenvalue weighted by atomic mass is 32.1. The van der Waals surface area contributed by atoms with E-state index in [1.165, 1.54) is 20.9 Å². The second-order valence-corrected chi connectivity index (χ2v) is 9.35. The summed E-state index contributed by atoms with van der Waals surface area (Å²) in [5, 5.41) is 8.51. The van der Waals surface area contributed by atoms with Gasteiger partial charge >= 0.3 is 0 Å². The summed E-state index contributed by atoms with van der Waals surface area (Å²) in [5.41, 5.74) is 6.13. The van der Waals surface area contributed by atoms with Crippen molar-refractivity contribution in [1.82, 2.24) is 10.3 Å². The normalized spacial score (nSPS) is 11.2. The molecule has 5 heteroatoms. The van der Waals surface area contributed by atoms with Crippen molar-refractivity contribution < 1.29 is 4.63 Å². The molecule has 0 amide bonds. The number of rotatable bonds is 4. The van der Waals surface area contributed by atoms with Crippen molar-refractivity contribution >= 4 is 33.7 Å². The van der Waals surface area contributed by atoms with Crippen molar-refractivity contribution in [2.45, 2.75) is 0 Å². The van der Waals surface area contributed by atoms with Crippen LogP contribution in [-0.2, 0) is 0 Å². The number of aromatic nitrogens is 2. The summed E-state index contributed by atoms with van der Waals surface area (Å²) >= 11 is 3.51. The maximum Gasteiger partial charge on any atom is 0.144 e. The highest BCUT2D eigenvalue weighted by Crippen LogP contribution is 2.41. The Kier molecular flexibility index (Phi) is 4.48. The molecule has 3 aromatic heterocycles. The molecule has 0 saturated carbocycles. The van der Waals surface area contributed by atoms with E-state index >= 15 is 0 Å². The van der Waals surface area contributed by atoms with Crippen LogP contribution in [0.3, 0.4) is 0 Å². The minimum absolute atomic E-state index is 0.800. The summed E-state index contributed by atoms with van der Waals surface area (Å²) in [6.07, 6.45) is 0. The molecule has 0 aliphatic heterocycles. The van der Waals surface area contributed by atoms with Gasteiger partial charge in [-0.15, -0.1) is 22.7 Å². The van der Waals surface area contributed by atoms with E-state index in [4.69, 9.17) is 4.63 Å². The van der Waals surface area contributed by atoms with Gasteiger partial charge in [0.1, 0.15) is 11.0 Å². The molecule has 6 aromatic rings. The number of hydrogen-bond acceptors (Lipinski definition) is 5. The summed E-state index contributed by atoms with van der Waals surface area (Å²) in [7, 11) is 0. The van der Waals surface area contributed by atoms with Crippen LogP contribution in [0.5, 0.6) is 0 Å². The van der Waals surface area contributed by atoms with Crippen molar-refractivity contribution in [2.24, 2.45) is 0 Å². The molecular formula is C26H16N2OS2. The van der Waals surface area contributed by atoms with Crippen molar-refractivity contribution in [3.8, 4) is 41.8 Å². The van der Waals surface area contributed by atoms with Gasteiger partial charge in [-0.2, -0.15) is 0 Å². The zero-order chi connectivity index (χ0) is 20.6. The van der Waals surface area contributed by atoms with Crippen LogP contribution in [-0.4, -0.2) is 10.3 Å². The van der Waals surface area contributed by atoms with Gasteiger partial charge in [-0.1, -0.05) is 72.8 Å². The van der Waals surface area contributed by atoms with E-state index < -0.39 is 0 Å². The lowest BCUT2D eigenvalue weighted by Gasteiger charge is -2.03. The van der Waals surface area contributed by atoms with Crippen LogP contribution in [0.15, 0.2) is 102 Å². The largest absolute Gasteiger partial charge is 0.243 e. The van der Waals surface area contributed by atoms with Gasteiger partial charge in [0.15, 0.2) is 0 Å². The van der Waals surface area contributed by atoms with Crippen molar-refractivity contribution in [3.63, 3.8) is 0 Å². The van der Waals surface area contributed by atoms with Crippen molar-refractivity contribution in [1.29, 1.82) is 0 Å². The van der Waals surface area contributed by atoms with E-state index in [0.717, 1.165) is 31.9 Å². The summed E-state index contributed by atoms with van der Waals surface area (Å²) < 4.78 is 5.18. The third-order valence-electron chi connectivity index (χ3n) is 5.27. The molecule has 0 atom stereocenters. The molecule has 0 bridgehead atoms. The molecule has 0 saturated heterocycles. The van der Waals surface area contributed by atoms with Crippen LogP contribution >= 0.6 is 22.7 Å². The predicted molar refractivity (Wildman–Crippen MR) is 129 cm³/mol. The van der Waals surface area contributed by atoms with E-state index in [2.05, 4.69) is 95.2 Å². The Hall–Kier alpha value is -3.54. The first-order valence-electron chi connectivity index (χ1n) is 9.93. The minimum atomic E-state index is 0.800. The fourth-order valence-corrected chi connectivity index (χ4v) is 5.82. The van der Waals surface area contributed by atoms with Gasteiger partial charge in [0.2, 0.25) is 0 Å². The molecular weight excluding hydrogens is 420 g/mol. The summed E-state index contributed by atoms with van der Waals surface area (Å²) in [6.45, 7) is 0. The Morgan fingerprint density at radius 2 is 0.871 bits per heavy atom. The van der Waals surface area contributed by atoms with Crippen LogP contribution in [0, 0.1) is 0 Å². The van der Waals surface area contributed by atoms with Gasteiger partial charge in [-0.25, -0.2) is 4.63 Å². The second-order valence-electron chi connectivity index (χ2n) is 7.18. The molecule has 0 N–H and O–H groups in total. The maximum atomic E-state index is 5.18. The third-order valence-corrected chi connectivity index (χ3v) is 7.61. The van der Waals surface area contributed by atoms with Gasteiger partial charge in [0.05, 0.1) is 0 Å². The Balaban J connectivity index is 1.41. The molecule has 148 valence electrons. The molecule has 0 spiro atoms. The van der Waals surface area contributed by atoms with Gasteiger partial charge in [-0.3, -0.25) is 0 Å². The summed E-state index contributed by atoms with van der Waals surface area (Å²) in [4.78, 5) is 4.77. The minimum Gasteiger partial charge on any atom is -0.243 e. The molecule has 31 heavy (non-hydrogen) atoms. The molecule has 0 radical (unpaired) electrons. The van der Waals surface area contributed by atoms with Crippen LogP contribution in [0.25, 0.3) is 52.8 Å². The predicted octanol–water partition coefficient (Wildman–Crippen LogP) is 8.01. The van der Waals surface area contributed by atoms with E-state index in [1.807, 2.05) is 12.1 Å². The first-order valence-corrected chi connectivity index (χ1v) is 11.6. The average Bonchev–Trinajstić information content (AvgIpc) is 3.60. The van der Waals surface area contributed by atoms with Gasteiger partial charge in [-0.05, 0) is 45.7 Å².